The normalized spacial score (nSPS) is 10.9. The minimum Gasteiger partial charge on any atom is -0.427 e. The fourth-order valence-corrected chi connectivity index (χ4v) is 3.38. The monoisotopic (exact) mass is 452 g/mol. The Kier molecular flexibility index (Phi) is 5.47. The van der Waals surface area contributed by atoms with Crippen molar-refractivity contribution in [3.8, 4) is 51.6 Å². The smallest absolute Gasteiger partial charge is 0.308 e. The molecule has 0 saturated heterocycles. The standard InChI is InChI=1S/C26H20N4O4/c1-15-4-8-18(9-5-15)23-27-29-25(33-23)20-12-21(14-22(13-20)32-17(3)31)26-30-28-24(34-26)19-10-6-16(2)7-11-19/h4-14H,1-3H3. The van der Waals surface area contributed by atoms with E-state index in [0.29, 0.717) is 28.7 Å². The lowest BCUT2D eigenvalue weighted by Gasteiger charge is -2.05. The second-order valence-electron chi connectivity index (χ2n) is 7.90. The number of aromatic nitrogens is 4. The molecular formula is C26H20N4O4. The van der Waals surface area contributed by atoms with Gasteiger partial charge in [0.2, 0.25) is 23.6 Å². The van der Waals surface area contributed by atoms with Gasteiger partial charge in [0.05, 0.1) is 0 Å². The van der Waals surface area contributed by atoms with Gasteiger partial charge in [0.1, 0.15) is 5.75 Å². The lowest BCUT2D eigenvalue weighted by Crippen LogP contribution is -2.01. The van der Waals surface area contributed by atoms with Crippen LogP contribution in [0.5, 0.6) is 5.75 Å². The SMILES string of the molecule is CC(=O)Oc1cc(-c2nnc(-c3ccc(C)cc3)o2)cc(-c2nnc(-c3ccc(C)cc3)o2)c1. The molecule has 0 aliphatic rings. The van der Waals surface area contributed by atoms with Crippen LogP contribution in [0.3, 0.4) is 0 Å². The third kappa shape index (κ3) is 4.47. The summed E-state index contributed by atoms with van der Waals surface area (Å²) in [5.74, 6) is 1.14. The average molecular weight is 452 g/mol. The van der Waals surface area contributed by atoms with Crippen LogP contribution in [0.15, 0.2) is 75.6 Å². The Morgan fingerprint density at radius 3 is 1.38 bits per heavy atom. The first-order chi connectivity index (χ1) is 16.4. The molecule has 3 aromatic carbocycles. The van der Waals surface area contributed by atoms with Crippen LogP contribution >= 0.6 is 0 Å². The number of hydrogen-bond acceptors (Lipinski definition) is 8. The highest BCUT2D eigenvalue weighted by molar-refractivity contribution is 5.73. The zero-order valence-corrected chi connectivity index (χ0v) is 18.8. The summed E-state index contributed by atoms with van der Waals surface area (Å²) in [6.45, 7) is 5.34. The minimum absolute atomic E-state index is 0.268. The highest BCUT2D eigenvalue weighted by Gasteiger charge is 2.17. The molecule has 0 amide bonds. The van der Waals surface area contributed by atoms with E-state index in [1.54, 1.807) is 18.2 Å². The van der Waals surface area contributed by atoms with E-state index in [4.69, 9.17) is 13.6 Å². The van der Waals surface area contributed by atoms with Gasteiger partial charge in [-0.2, -0.15) is 0 Å². The molecule has 0 bridgehead atoms. The third-order valence-corrected chi connectivity index (χ3v) is 5.11. The predicted octanol–water partition coefficient (Wildman–Crippen LogP) is 5.66. The molecule has 0 fully saturated rings. The predicted molar refractivity (Wildman–Crippen MR) is 125 cm³/mol. The van der Waals surface area contributed by atoms with Gasteiger partial charge in [-0.05, 0) is 56.3 Å². The van der Waals surface area contributed by atoms with E-state index in [-0.39, 0.29) is 11.8 Å². The first-order valence-corrected chi connectivity index (χ1v) is 10.6. The van der Waals surface area contributed by atoms with Crippen LogP contribution < -0.4 is 4.74 Å². The highest BCUT2D eigenvalue weighted by Crippen LogP contribution is 2.33. The molecule has 0 N–H and O–H groups in total. The van der Waals surface area contributed by atoms with Gasteiger partial charge >= 0.3 is 5.97 Å². The molecule has 5 aromatic rings. The number of benzene rings is 3. The second-order valence-corrected chi connectivity index (χ2v) is 7.90. The maximum absolute atomic E-state index is 11.6. The average Bonchev–Trinajstić information content (AvgIpc) is 3.50. The number of rotatable bonds is 5. The first-order valence-electron chi connectivity index (χ1n) is 10.6. The van der Waals surface area contributed by atoms with Crippen molar-refractivity contribution in [2.45, 2.75) is 20.8 Å². The Labute approximate surface area is 195 Å². The highest BCUT2D eigenvalue weighted by atomic mass is 16.5. The summed E-state index contributed by atoms with van der Waals surface area (Å²) in [7, 11) is 0. The van der Waals surface area contributed by atoms with Gasteiger partial charge < -0.3 is 13.6 Å². The molecule has 8 nitrogen and oxygen atoms in total. The summed E-state index contributed by atoms with van der Waals surface area (Å²) < 4.78 is 17.1. The molecule has 34 heavy (non-hydrogen) atoms. The molecule has 168 valence electrons. The van der Waals surface area contributed by atoms with Crippen molar-refractivity contribution in [1.29, 1.82) is 0 Å². The number of carbonyl (C=O) groups is 1. The number of carbonyl (C=O) groups excluding carboxylic acids is 1. The molecule has 0 aliphatic heterocycles. The molecule has 0 atom stereocenters. The third-order valence-electron chi connectivity index (χ3n) is 5.11. The van der Waals surface area contributed by atoms with E-state index in [9.17, 15) is 4.79 Å². The Morgan fingerprint density at radius 1 is 0.618 bits per heavy atom. The van der Waals surface area contributed by atoms with Crippen molar-refractivity contribution in [3.05, 3.63) is 77.9 Å². The quantitative estimate of drug-likeness (QED) is 0.248. The molecule has 5 rings (SSSR count). The Hall–Kier alpha value is -4.59. The summed E-state index contributed by atoms with van der Waals surface area (Å²) in [5, 5.41) is 16.7. The summed E-state index contributed by atoms with van der Waals surface area (Å²) in [6, 6.07) is 20.6. The van der Waals surface area contributed by atoms with E-state index >= 15 is 0 Å². The Balaban J connectivity index is 1.53. The first kappa shape index (κ1) is 21.3. The van der Waals surface area contributed by atoms with E-state index in [0.717, 1.165) is 22.3 Å². The number of hydrogen-bond donors (Lipinski definition) is 0. The largest absolute Gasteiger partial charge is 0.427 e. The topological polar surface area (TPSA) is 104 Å². The van der Waals surface area contributed by atoms with Crippen LogP contribution in [0.1, 0.15) is 18.1 Å². The fraction of sp³-hybridized carbons (Fsp3) is 0.115. The molecule has 2 heterocycles. The lowest BCUT2D eigenvalue weighted by molar-refractivity contribution is -0.131. The van der Waals surface area contributed by atoms with Crippen molar-refractivity contribution >= 4 is 5.97 Å². The molecular weight excluding hydrogens is 432 g/mol. The van der Waals surface area contributed by atoms with Crippen LogP contribution in [0.25, 0.3) is 45.8 Å². The Morgan fingerprint density at radius 2 is 1.00 bits per heavy atom. The van der Waals surface area contributed by atoms with Gasteiger partial charge in [-0.1, -0.05) is 35.4 Å². The molecule has 0 unspecified atom stereocenters. The van der Waals surface area contributed by atoms with Crippen LogP contribution in [-0.2, 0) is 4.79 Å². The van der Waals surface area contributed by atoms with Crippen molar-refractivity contribution < 1.29 is 18.4 Å². The number of esters is 1. The van der Waals surface area contributed by atoms with E-state index in [1.165, 1.54) is 6.92 Å². The van der Waals surface area contributed by atoms with Gasteiger partial charge in [-0.25, -0.2) is 0 Å². The maximum atomic E-state index is 11.6. The molecule has 0 aliphatic carbocycles. The van der Waals surface area contributed by atoms with Gasteiger partial charge in [0.25, 0.3) is 0 Å². The van der Waals surface area contributed by atoms with Crippen LogP contribution in [0.4, 0.5) is 0 Å². The van der Waals surface area contributed by atoms with Crippen molar-refractivity contribution in [1.82, 2.24) is 20.4 Å². The van der Waals surface area contributed by atoms with Crippen molar-refractivity contribution in [2.24, 2.45) is 0 Å². The van der Waals surface area contributed by atoms with E-state index in [2.05, 4.69) is 20.4 Å². The molecule has 0 radical (unpaired) electrons. The summed E-state index contributed by atoms with van der Waals surface area (Å²) in [6.07, 6.45) is 0. The van der Waals surface area contributed by atoms with Gasteiger partial charge in [0.15, 0.2) is 0 Å². The van der Waals surface area contributed by atoms with Crippen LogP contribution in [0, 0.1) is 13.8 Å². The van der Waals surface area contributed by atoms with E-state index < -0.39 is 5.97 Å². The fourth-order valence-electron chi connectivity index (χ4n) is 3.38. The molecule has 0 saturated carbocycles. The summed E-state index contributed by atoms with van der Waals surface area (Å²) >= 11 is 0. The van der Waals surface area contributed by atoms with E-state index in [1.807, 2.05) is 62.4 Å². The molecule has 2 aromatic heterocycles. The summed E-state index contributed by atoms with van der Waals surface area (Å²) in [5.41, 5.74) is 4.98. The van der Waals surface area contributed by atoms with Crippen LogP contribution in [0.2, 0.25) is 0 Å². The van der Waals surface area contributed by atoms with Crippen LogP contribution in [-0.4, -0.2) is 26.4 Å². The number of aryl methyl sites for hydroxylation is 2. The van der Waals surface area contributed by atoms with Crippen molar-refractivity contribution in [2.75, 3.05) is 0 Å². The maximum Gasteiger partial charge on any atom is 0.308 e. The number of nitrogens with zero attached hydrogens (tertiary/aromatic N) is 4. The van der Waals surface area contributed by atoms with Gasteiger partial charge in [-0.15, -0.1) is 20.4 Å². The lowest BCUT2D eigenvalue weighted by atomic mass is 10.1. The minimum atomic E-state index is -0.458. The zero-order valence-electron chi connectivity index (χ0n) is 18.8. The zero-order chi connectivity index (χ0) is 23.7. The number of ether oxygens (including phenoxy) is 1. The molecule has 8 heteroatoms. The van der Waals surface area contributed by atoms with Gasteiger partial charge in [0, 0.05) is 29.2 Å². The molecule has 0 spiro atoms. The van der Waals surface area contributed by atoms with Crippen molar-refractivity contribution in [3.63, 3.8) is 0 Å². The van der Waals surface area contributed by atoms with Gasteiger partial charge in [-0.3, -0.25) is 4.79 Å². The summed E-state index contributed by atoms with van der Waals surface area (Å²) in [4.78, 5) is 11.6. The second kappa shape index (κ2) is 8.74. The Bertz CT molecular complexity index is 1370.